The zero-order valence-electron chi connectivity index (χ0n) is 19.4. The largest absolute Gasteiger partial charge is 0.497 e. The van der Waals surface area contributed by atoms with Crippen LogP contribution < -0.4 is 14.8 Å². The van der Waals surface area contributed by atoms with Crippen LogP contribution in [-0.2, 0) is 6.42 Å². The van der Waals surface area contributed by atoms with Crippen LogP contribution in [0.25, 0.3) is 11.3 Å². The molecular formula is C25H29N5O3. The van der Waals surface area contributed by atoms with Crippen LogP contribution in [0.2, 0.25) is 0 Å². The molecule has 1 aromatic heterocycles. The molecule has 8 heteroatoms. The van der Waals surface area contributed by atoms with Gasteiger partial charge in [0.2, 0.25) is 0 Å². The molecule has 1 heterocycles. The second-order valence-corrected chi connectivity index (χ2v) is 7.61. The highest BCUT2D eigenvalue weighted by Gasteiger charge is 2.10. The van der Waals surface area contributed by atoms with Gasteiger partial charge in [0.05, 0.1) is 19.9 Å². The summed E-state index contributed by atoms with van der Waals surface area (Å²) in [6, 6.07) is 17.3. The second-order valence-electron chi connectivity index (χ2n) is 7.61. The van der Waals surface area contributed by atoms with Crippen LogP contribution in [0.4, 0.5) is 5.82 Å². The number of benzene rings is 2. The standard InChI is InChI=1S/C25H29N5O3/c1-30(2)15-14-27-24(31)20-7-5-6-19(16-20)22-17-23(29-25(28-22)33-4)26-13-12-18-8-10-21(32-3)11-9-18/h5-11,14,16-17H,12-13,15H2,1-4H3,(H,26,28,29). The van der Waals surface area contributed by atoms with Crippen molar-refractivity contribution in [1.29, 1.82) is 0 Å². The third-order valence-electron chi connectivity index (χ3n) is 4.83. The van der Waals surface area contributed by atoms with E-state index in [-0.39, 0.29) is 11.9 Å². The molecule has 33 heavy (non-hydrogen) atoms. The van der Waals surface area contributed by atoms with Gasteiger partial charge in [-0.1, -0.05) is 24.3 Å². The monoisotopic (exact) mass is 447 g/mol. The van der Waals surface area contributed by atoms with Gasteiger partial charge in [-0.2, -0.15) is 9.97 Å². The first kappa shape index (κ1) is 23.9. The Labute approximate surface area is 194 Å². The molecule has 0 saturated carbocycles. The Morgan fingerprint density at radius 3 is 2.55 bits per heavy atom. The summed E-state index contributed by atoms with van der Waals surface area (Å²) in [5.41, 5.74) is 3.11. The number of carbonyl (C=O) groups excluding carboxylic acids is 1. The van der Waals surface area contributed by atoms with Crippen LogP contribution >= 0.6 is 0 Å². The van der Waals surface area contributed by atoms with E-state index >= 15 is 0 Å². The molecule has 2 aromatic carbocycles. The number of carbonyl (C=O) groups is 1. The summed E-state index contributed by atoms with van der Waals surface area (Å²) < 4.78 is 10.5. The molecule has 3 aromatic rings. The summed E-state index contributed by atoms with van der Waals surface area (Å²) >= 11 is 0. The van der Waals surface area contributed by atoms with Crippen LogP contribution in [0.1, 0.15) is 15.9 Å². The van der Waals surface area contributed by atoms with Crippen molar-refractivity contribution >= 4 is 17.9 Å². The van der Waals surface area contributed by atoms with Gasteiger partial charge in [0.15, 0.2) is 0 Å². The van der Waals surface area contributed by atoms with Crippen molar-refractivity contribution in [2.24, 2.45) is 4.99 Å². The minimum absolute atomic E-state index is 0.250. The van der Waals surface area contributed by atoms with E-state index < -0.39 is 0 Å². The first-order chi connectivity index (χ1) is 16.0. The lowest BCUT2D eigenvalue weighted by Gasteiger charge is -2.10. The highest BCUT2D eigenvalue weighted by molar-refractivity contribution is 6.00. The van der Waals surface area contributed by atoms with Crippen LogP contribution in [0.15, 0.2) is 59.6 Å². The Morgan fingerprint density at radius 1 is 1.06 bits per heavy atom. The molecule has 0 atom stereocenters. The smallest absolute Gasteiger partial charge is 0.318 e. The maximum Gasteiger partial charge on any atom is 0.318 e. The van der Waals surface area contributed by atoms with Gasteiger partial charge in [0.25, 0.3) is 5.91 Å². The maximum absolute atomic E-state index is 12.4. The molecule has 0 spiro atoms. The highest BCUT2D eigenvalue weighted by atomic mass is 16.5. The first-order valence-electron chi connectivity index (χ1n) is 10.6. The SMILES string of the molecule is COc1ccc(CCNc2cc(-c3cccc(C(=O)N=CCN(C)C)c3)nc(OC)n2)cc1. The quantitative estimate of drug-likeness (QED) is 0.475. The summed E-state index contributed by atoms with van der Waals surface area (Å²) in [5, 5.41) is 3.32. The minimum atomic E-state index is -0.294. The van der Waals surface area contributed by atoms with Gasteiger partial charge in [-0.3, -0.25) is 4.79 Å². The van der Waals surface area contributed by atoms with Crippen molar-refractivity contribution in [3.05, 3.63) is 65.7 Å². The first-order valence-corrected chi connectivity index (χ1v) is 10.6. The van der Waals surface area contributed by atoms with E-state index in [0.29, 0.717) is 30.2 Å². The van der Waals surface area contributed by atoms with Crippen LogP contribution in [0.5, 0.6) is 11.8 Å². The topological polar surface area (TPSA) is 88.9 Å². The lowest BCUT2D eigenvalue weighted by atomic mass is 10.1. The fourth-order valence-corrected chi connectivity index (χ4v) is 3.06. The summed E-state index contributed by atoms with van der Waals surface area (Å²) in [5.74, 6) is 1.18. The Balaban J connectivity index is 1.73. The number of hydrogen-bond donors (Lipinski definition) is 1. The number of aromatic nitrogens is 2. The molecule has 3 rings (SSSR count). The zero-order chi connectivity index (χ0) is 23.6. The van der Waals surface area contributed by atoms with E-state index in [1.165, 1.54) is 12.7 Å². The fraction of sp³-hybridized carbons (Fsp3) is 0.280. The number of amides is 1. The predicted molar refractivity (Wildman–Crippen MR) is 131 cm³/mol. The fourth-order valence-electron chi connectivity index (χ4n) is 3.06. The van der Waals surface area contributed by atoms with Crippen LogP contribution in [0, 0.1) is 0 Å². The van der Waals surface area contributed by atoms with E-state index in [0.717, 1.165) is 17.7 Å². The number of nitrogens with zero attached hydrogens (tertiary/aromatic N) is 4. The van der Waals surface area contributed by atoms with Crippen molar-refractivity contribution < 1.29 is 14.3 Å². The van der Waals surface area contributed by atoms with Crippen molar-refractivity contribution in [2.75, 3.05) is 46.7 Å². The number of nitrogens with one attached hydrogen (secondary N) is 1. The molecule has 0 saturated heterocycles. The van der Waals surface area contributed by atoms with Gasteiger partial charge in [-0.15, -0.1) is 0 Å². The van der Waals surface area contributed by atoms with Gasteiger partial charge >= 0.3 is 6.01 Å². The number of anilines is 1. The summed E-state index contributed by atoms with van der Waals surface area (Å²) in [7, 11) is 7.02. The molecule has 0 aliphatic carbocycles. The van der Waals surface area contributed by atoms with Crippen molar-refractivity contribution in [2.45, 2.75) is 6.42 Å². The molecule has 0 bridgehead atoms. The second kappa shape index (κ2) is 11.7. The number of aliphatic imine (C=N–C) groups is 1. The Bertz CT molecular complexity index is 1100. The number of ether oxygens (including phenoxy) is 2. The van der Waals surface area contributed by atoms with Gasteiger partial charge in [-0.05, 0) is 50.3 Å². The number of rotatable bonds is 10. The van der Waals surface area contributed by atoms with Crippen molar-refractivity contribution in [3.8, 4) is 23.0 Å². The normalized spacial score (nSPS) is 11.1. The van der Waals surface area contributed by atoms with E-state index in [4.69, 9.17) is 9.47 Å². The average molecular weight is 448 g/mol. The van der Waals surface area contributed by atoms with Gasteiger partial charge < -0.3 is 19.7 Å². The van der Waals surface area contributed by atoms with E-state index in [1.54, 1.807) is 25.5 Å². The van der Waals surface area contributed by atoms with Crippen LogP contribution in [-0.4, -0.2) is 68.4 Å². The number of hydrogen-bond acceptors (Lipinski definition) is 7. The van der Waals surface area contributed by atoms with E-state index in [9.17, 15) is 4.79 Å². The van der Waals surface area contributed by atoms with Crippen molar-refractivity contribution in [3.63, 3.8) is 0 Å². The third-order valence-corrected chi connectivity index (χ3v) is 4.83. The van der Waals surface area contributed by atoms with Gasteiger partial charge in [0.1, 0.15) is 11.6 Å². The minimum Gasteiger partial charge on any atom is -0.497 e. The molecule has 1 amide bonds. The molecule has 0 unspecified atom stereocenters. The third kappa shape index (κ3) is 7.11. The Hall–Kier alpha value is -3.78. The lowest BCUT2D eigenvalue weighted by molar-refractivity contribution is 0.100. The molecule has 8 nitrogen and oxygen atoms in total. The molecule has 1 N–H and O–H groups in total. The maximum atomic E-state index is 12.4. The molecule has 0 radical (unpaired) electrons. The molecule has 172 valence electrons. The molecule has 0 aliphatic rings. The van der Waals surface area contributed by atoms with Gasteiger partial charge in [0, 0.05) is 36.5 Å². The van der Waals surface area contributed by atoms with Crippen LogP contribution in [0.3, 0.4) is 0 Å². The molecule has 0 aliphatic heterocycles. The van der Waals surface area contributed by atoms with E-state index in [1.807, 2.05) is 61.5 Å². The Kier molecular flexibility index (Phi) is 8.49. The lowest BCUT2D eigenvalue weighted by Crippen LogP contribution is -2.14. The van der Waals surface area contributed by atoms with Crippen molar-refractivity contribution in [1.82, 2.24) is 14.9 Å². The average Bonchev–Trinajstić information content (AvgIpc) is 2.84. The summed E-state index contributed by atoms with van der Waals surface area (Å²) in [6.45, 7) is 1.28. The summed E-state index contributed by atoms with van der Waals surface area (Å²) in [6.07, 6.45) is 2.42. The Morgan fingerprint density at radius 2 is 1.85 bits per heavy atom. The van der Waals surface area contributed by atoms with E-state index in [2.05, 4.69) is 20.3 Å². The number of methoxy groups -OCH3 is 2. The molecular weight excluding hydrogens is 418 g/mol. The molecule has 0 fully saturated rings. The highest BCUT2D eigenvalue weighted by Crippen LogP contribution is 2.23. The van der Waals surface area contributed by atoms with Gasteiger partial charge in [-0.25, -0.2) is 4.99 Å². The predicted octanol–water partition coefficient (Wildman–Crippen LogP) is 3.59. The zero-order valence-corrected chi connectivity index (χ0v) is 19.4. The summed E-state index contributed by atoms with van der Waals surface area (Å²) in [4.78, 5) is 27.2.